The molecule has 1 N–H and O–H groups in total. The fraction of sp³-hybridized carbons (Fsp3) is 0.400. The molecule has 2 atom stereocenters. The lowest BCUT2D eigenvalue weighted by atomic mass is 10.0. The van der Waals surface area contributed by atoms with Gasteiger partial charge in [0.1, 0.15) is 5.01 Å². The van der Waals surface area contributed by atoms with E-state index in [0.29, 0.717) is 10.0 Å². The summed E-state index contributed by atoms with van der Waals surface area (Å²) in [6.07, 6.45) is 0.954. The van der Waals surface area contributed by atoms with Gasteiger partial charge in [0.05, 0.1) is 6.04 Å². The van der Waals surface area contributed by atoms with Crippen molar-refractivity contribution in [2.24, 2.45) is 0 Å². The molecule has 1 aromatic heterocycles. The van der Waals surface area contributed by atoms with E-state index in [1.165, 1.54) is 0 Å². The van der Waals surface area contributed by atoms with E-state index in [9.17, 15) is 0 Å². The normalized spacial score (nSPS) is 14.2. The molecule has 0 aliphatic heterocycles. The molecular weight excluding hydrogens is 311 g/mol. The zero-order valence-corrected chi connectivity index (χ0v) is 14.1. The van der Waals surface area contributed by atoms with Gasteiger partial charge in [-0.25, -0.2) is 4.98 Å². The number of aryl methyl sites for hydroxylation is 1. The Labute approximate surface area is 134 Å². The van der Waals surface area contributed by atoms with Gasteiger partial charge in [0.15, 0.2) is 0 Å². The van der Waals surface area contributed by atoms with Crippen LogP contribution in [0.1, 0.15) is 48.6 Å². The second kappa shape index (κ2) is 6.90. The number of thiazole rings is 1. The first kappa shape index (κ1) is 15.8. The van der Waals surface area contributed by atoms with E-state index >= 15 is 0 Å². The van der Waals surface area contributed by atoms with Crippen LogP contribution < -0.4 is 5.32 Å². The summed E-state index contributed by atoms with van der Waals surface area (Å²) in [5, 5.41) is 8.14. The van der Waals surface area contributed by atoms with Crippen LogP contribution in [0.25, 0.3) is 0 Å². The third kappa shape index (κ3) is 3.73. The second-order valence-electron chi connectivity index (χ2n) is 4.84. The molecule has 0 bridgehead atoms. The van der Waals surface area contributed by atoms with Crippen LogP contribution in [0.4, 0.5) is 0 Å². The van der Waals surface area contributed by atoms with E-state index in [4.69, 9.17) is 23.2 Å². The molecule has 0 saturated carbocycles. The molecule has 2 aromatic rings. The topological polar surface area (TPSA) is 24.9 Å². The van der Waals surface area contributed by atoms with Crippen molar-refractivity contribution in [3.05, 3.63) is 49.9 Å². The number of nitrogens with zero attached hydrogens (tertiary/aromatic N) is 1. The van der Waals surface area contributed by atoms with Gasteiger partial charge in [-0.15, -0.1) is 11.3 Å². The molecule has 0 radical (unpaired) electrons. The molecule has 2 rings (SSSR count). The number of nitrogens with one attached hydrogen (secondary N) is 1. The van der Waals surface area contributed by atoms with Gasteiger partial charge >= 0.3 is 0 Å². The van der Waals surface area contributed by atoms with E-state index < -0.39 is 0 Å². The third-order valence-corrected chi connectivity index (χ3v) is 4.91. The predicted molar refractivity (Wildman–Crippen MR) is 87.9 cm³/mol. The maximum absolute atomic E-state index is 6.30. The van der Waals surface area contributed by atoms with Gasteiger partial charge < -0.3 is 5.32 Å². The Kier molecular flexibility index (Phi) is 5.44. The number of halogens is 2. The Balaban J connectivity index is 2.16. The van der Waals surface area contributed by atoms with Gasteiger partial charge in [0.25, 0.3) is 0 Å². The molecule has 0 fully saturated rings. The van der Waals surface area contributed by atoms with E-state index in [0.717, 1.165) is 22.7 Å². The minimum Gasteiger partial charge on any atom is -0.301 e. The smallest absolute Gasteiger partial charge is 0.110 e. The molecule has 0 spiro atoms. The Morgan fingerprint density at radius 2 is 2.10 bits per heavy atom. The van der Waals surface area contributed by atoms with Gasteiger partial charge in [0, 0.05) is 27.2 Å². The van der Waals surface area contributed by atoms with Gasteiger partial charge in [-0.2, -0.15) is 0 Å². The average Bonchev–Trinajstić information content (AvgIpc) is 2.83. The molecule has 2 nitrogen and oxygen atoms in total. The van der Waals surface area contributed by atoms with Gasteiger partial charge in [-0.1, -0.05) is 36.2 Å². The number of rotatable bonds is 5. The summed E-state index contributed by atoms with van der Waals surface area (Å²) in [5.41, 5.74) is 2.15. The summed E-state index contributed by atoms with van der Waals surface area (Å²) in [4.78, 5) is 4.53. The molecule has 0 saturated heterocycles. The van der Waals surface area contributed by atoms with Crippen LogP contribution in [-0.4, -0.2) is 4.98 Å². The average molecular weight is 329 g/mol. The summed E-state index contributed by atoms with van der Waals surface area (Å²) in [6.45, 7) is 6.28. The Bertz CT molecular complexity index is 583. The monoisotopic (exact) mass is 328 g/mol. The van der Waals surface area contributed by atoms with Crippen molar-refractivity contribution in [3.63, 3.8) is 0 Å². The molecule has 0 amide bonds. The number of aromatic nitrogens is 1. The molecule has 20 heavy (non-hydrogen) atoms. The summed E-state index contributed by atoms with van der Waals surface area (Å²) in [5.74, 6) is 0. The molecule has 0 aliphatic rings. The number of hydrogen-bond acceptors (Lipinski definition) is 3. The van der Waals surface area contributed by atoms with E-state index in [-0.39, 0.29) is 12.1 Å². The quantitative estimate of drug-likeness (QED) is 0.777. The molecule has 5 heteroatoms. The van der Waals surface area contributed by atoms with Crippen molar-refractivity contribution in [2.45, 2.75) is 39.3 Å². The summed E-state index contributed by atoms with van der Waals surface area (Å²) in [6, 6.07) is 6.06. The van der Waals surface area contributed by atoms with E-state index in [1.54, 1.807) is 17.4 Å². The van der Waals surface area contributed by atoms with E-state index in [2.05, 4.69) is 29.5 Å². The van der Waals surface area contributed by atoms with Crippen LogP contribution in [0.3, 0.4) is 0 Å². The van der Waals surface area contributed by atoms with Crippen molar-refractivity contribution >= 4 is 34.5 Å². The summed E-state index contributed by atoms with van der Waals surface area (Å²) >= 11 is 13.9. The second-order valence-corrected chi connectivity index (χ2v) is 6.58. The standard InChI is InChI=1S/C15H18Cl2N2S/c1-4-14(12-6-5-11(16)7-13(12)17)19-10(3)15-18-9(2)8-20-15/h5-8,10,14,19H,4H2,1-3H3. The SMILES string of the molecule is CCC(NC(C)c1nc(C)cs1)c1ccc(Cl)cc1Cl. The summed E-state index contributed by atoms with van der Waals surface area (Å²) < 4.78 is 0. The van der Waals surface area contributed by atoms with Crippen molar-refractivity contribution in [2.75, 3.05) is 0 Å². The predicted octanol–water partition coefficient (Wildman–Crippen LogP) is 5.56. The van der Waals surface area contributed by atoms with Crippen LogP contribution in [0.5, 0.6) is 0 Å². The van der Waals surface area contributed by atoms with Crippen LogP contribution in [0.15, 0.2) is 23.6 Å². The lowest BCUT2D eigenvalue weighted by molar-refractivity contribution is 0.455. The number of hydrogen-bond donors (Lipinski definition) is 1. The van der Waals surface area contributed by atoms with Gasteiger partial charge in [-0.05, 0) is 38.0 Å². The zero-order valence-electron chi connectivity index (χ0n) is 11.8. The third-order valence-electron chi connectivity index (χ3n) is 3.20. The molecule has 1 heterocycles. The highest BCUT2D eigenvalue weighted by Gasteiger charge is 2.18. The Morgan fingerprint density at radius 3 is 2.65 bits per heavy atom. The van der Waals surface area contributed by atoms with Gasteiger partial charge in [-0.3, -0.25) is 0 Å². The highest BCUT2D eigenvalue weighted by atomic mass is 35.5. The van der Waals surface area contributed by atoms with Crippen molar-refractivity contribution in [1.29, 1.82) is 0 Å². The Morgan fingerprint density at radius 1 is 1.35 bits per heavy atom. The highest BCUT2D eigenvalue weighted by molar-refractivity contribution is 7.09. The first-order valence-corrected chi connectivity index (χ1v) is 8.27. The molecule has 108 valence electrons. The van der Waals surface area contributed by atoms with Gasteiger partial charge in [0.2, 0.25) is 0 Å². The minimum absolute atomic E-state index is 0.193. The van der Waals surface area contributed by atoms with Crippen LogP contribution in [-0.2, 0) is 0 Å². The fourth-order valence-corrected chi connectivity index (χ4v) is 3.51. The minimum atomic E-state index is 0.193. The van der Waals surface area contributed by atoms with E-state index in [1.807, 2.05) is 19.1 Å². The van der Waals surface area contributed by atoms with Crippen LogP contribution >= 0.6 is 34.5 Å². The molecular formula is C15H18Cl2N2S. The summed E-state index contributed by atoms with van der Waals surface area (Å²) in [7, 11) is 0. The number of benzene rings is 1. The molecule has 2 unspecified atom stereocenters. The van der Waals surface area contributed by atoms with Crippen molar-refractivity contribution in [3.8, 4) is 0 Å². The molecule has 0 aliphatic carbocycles. The zero-order chi connectivity index (χ0) is 14.7. The largest absolute Gasteiger partial charge is 0.301 e. The maximum Gasteiger partial charge on any atom is 0.110 e. The molecule has 1 aromatic carbocycles. The maximum atomic E-state index is 6.30. The van der Waals surface area contributed by atoms with Crippen LogP contribution in [0.2, 0.25) is 10.0 Å². The van der Waals surface area contributed by atoms with Crippen LogP contribution in [0, 0.1) is 6.92 Å². The first-order chi connectivity index (χ1) is 9.51. The first-order valence-electron chi connectivity index (χ1n) is 6.64. The Hall–Kier alpha value is -0.610. The lowest BCUT2D eigenvalue weighted by Gasteiger charge is -2.22. The van der Waals surface area contributed by atoms with Crippen molar-refractivity contribution in [1.82, 2.24) is 10.3 Å². The fourth-order valence-electron chi connectivity index (χ4n) is 2.16. The lowest BCUT2D eigenvalue weighted by Crippen LogP contribution is -2.24. The van der Waals surface area contributed by atoms with Crippen molar-refractivity contribution < 1.29 is 0 Å². The highest BCUT2D eigenvalue weighted by Crippen LogP contribution is 2.30.